The van der Waals surface area contributed by atoms with Gasteiger partial charge in [0.25, 0.3) is 11.3 Å². The number of nitrogens with zero attached hydrogens (tertiary/aromatic N) is 7. The van der Waals surface area contributed by atoms with Gasteiger partial charge in [0.05, 0.1) is 22.3 Å². The SMILES string of the molecule is Cc1c(-c2c(S(=O)(=O)c3ccccc3)cnc3nnnn23)c(=O)n(-c2ccccc2)n1C. The Bertz CT molecular complexity index is 1620. The highest BCUT2D eigenvalue weighted by Gasteiger charge is 2.30. The molecule has 0 amide bonds. The fourth-order valence-electron chi connectivity index (χ4n) is 3.68. The van der Waals surface area contributed by atoms with Crippen LogP contribution in [-0.2, 0) is 16.9 Å². The molecule has 3 aromatic heterocycles. The van der Waals surface area contributed by atoms with E-state index in [1.165, 1.54) is 27.5 Å². The van der Waals surface area contributed by atoms with Gasteiger partial charge in [-0.05, 0) is 41.6 Å². The topological polar surface area (TPSA) is 117 Å². The molecule has 0 fully saturated rings. The van der Waals surface area contributed by atoms with E-state index < -0.39 is 15.4 Å². The Morgan fingerprint density at radius 3 is 2.28 bits per heavy atom. The highest BCUT2D eigenvalue weighted by molar-refractivity contribution is 7.91. The minimum absolute atomic E-state index is 0.0663. The van der Waals surface area contributed by atoms with Crippen molar-refractivity contribution >= 4 is 15.6 Å². The van der Waals surface area contributed by atoms with E-state index in [0.717, 1.165) is 0 Å². The zero-order valence-electron chi connectivity index (χ0n) is 17.1. The molecular formula is C21H17N7O3S. The summed E-state index contributed by atoms with van der Waals surface area (Å²) >= 11 is 0. The van der Waals surface area contributed by atoms with Gasteiger partial charge in [0.2, 0.25) is 9.84 Å². The molecule has 5 aromatic rings. The van der Waals surface area contributed by atoms with Crippen molar-refractivity contribution in [1.29, 1.82) is 0 Å². The van der Waals surface area contributed by atoms with Crippen LogP contribution in [0.25, 0.3) is 22.7 Å². The highest BCUT2D eigenvalue weighted by atomic mass is 32.2. The Morgan fingerprint density at radius 2 is 1.59 bits per heavy atom. The molecule has 0 bridgehead atoms. The fourth-order valence-corrected chi connectivity index (χ4v) is 5.09. The predicted molar refractivity (Wildman–Crippen MR) is 115 cm³/mol. The lowest BCUT2D eigenvalue weighted by Gasteiger charge is -2.10. The lowest BCUT2D eigenvalue weighted by atomic mass is 10.2. The van der Waals surface area contributed by atoms with Gasteiger partial charge in [0.1, 0.15) is 10.6 Å². The van der Waals surface area contributed by atoms with E-state index in [1.54, 1.807) is 49.0 Å². The van der Waals surface area contributed by atoms with E-state index in [0.29, 0.717) is 11.4 Å². The molecule has 11 heteroatoms. The van der Waals surface area contributed by atoms with Crippen LogP contribution in [-0.4, -0.2) is 42.8 Å². The van der Waals surface area contributed by atoms with E-state index in [-0.39, 0.29) is 26.8 Å². The molecule has 0 aliphatic rings. The normalized spacial score (nSPS) is 11.8. The summed E-state index contributed by atoms with van der Waals surface area (Å²) in [5.74, 6) is 0.0842. The van der Waals surface area contributed by atoms with Crippen molar-refractivity contribution < 1.29 is 8.42 Å². The van der Waals surface area contributed by atoms with Crippen molar-refractivity contribution in [3.63, 3.8) is 0 Å². The first-order chi connectivity index (χ1) is 15.4. The first-order valence-corrected chi connectivity index (χ1v) is 11.1. The third-order valence-electron chi connectivity index (χ3n) is 5.33. The summed E-state index contributed by atoms with van der Waals surface area (Å²) in [7, 11) is -2.29. The van der Waals surface area contributed by atoms with E-state index in [2.05, 4.69) is 20.5 Å². The summed E-state index contributed by atoms with van der Waals surface area (Å²) < 4.78 is 31.4. The molecule has 3 heterocycles. The van der Waals surface area contributed by atoms with Crippen molar-refractivity contribution in [2.75, 3.05) is 0 Å². The number of para-hydroxylation sites is 1. The smallest absolute Gasteiger partial charge is 0.281 e. The molecule has 10 nitrogen and oxygen atoms in total. The van der Waals surface area contributed by atoms with Crippen molar-refractivity contribution in [1.82, 2.24) is 34.4 Å². The molecule has 0 spiro atoms. The van der Waals surface area contributed by atoms with Crippen LogP contribution in [0, 0.1) is 6.92 Å². The van der Waals surface area contributed by atoms with Gasteiger partial charge < -0.3 is 0 Å². The lowest BCUT2D eigenvalue weighted by Crippen LogP contribution is -2.21. The van der Waals surface area contributed by atoms with Crippen LogP contribution in [0.1, 0.15) is 5.69 Å². The Hall–Kier alpha value is -4.12. The van der Waals surface area contributed by atoms with E-state index in [9.17, 15) is 13.2 Å². The van der Waals surface area contributed by atoms with Crippen molar-refractivity contribution in [2.24, 2.45) is 7.05 Å². The molecular weight excluding hydrogens is 430 g/mol. The third kappa shape index (κ3) is 2.86. The van der Waals surface area contributed by atoms with Crippen LogP contribution in [0.15, 0.2) is 81.4 Å². The van der Waals surface area contributed by atoms with Gasteiger partial charge in [-0.3, -0.25) is 9.48 Å². The summed E-state index contributed by atoms with van der Waals surface area (Å²) in [6.07, 6.45) is 1.20. The molecule has 0 saturated carbocycles. The number of rotatable bonds is 4. The lowest BCUT2D eigenvalue weighted by molar-refractivity contribution is 0.595. The molecule has 0 unspecified atom stereocenters. The highest BCUT2D eigenvalue weighted by Crippen LogP contribution is 2.31. The van der Waals surface area contributed by atoms with Crippen LogP contribution < -0.4 is 5.56 Å². The van der Waals surface area contributed by atoms with Crippen molar-refractivity contribution in [2.45, 2.75) is 16.7 Å². The third-order valence-corrected chi connectivity index (χ3v) is 7.10. The molecule has 0 N–H and O–H groups in total. The van der Waals surface area contributed by atoms with Gasteiger partial charge in [-0.25, -0.2) is 18.1 Å². The summed E-state index contributed by atoms with van der Waals surface area (Å²) in [6.45, 7) is 1.74. The van der Waals surface area contributed by atoms with Gasteiger partial charge in [0, 0.05) is 12.7 Å². The largest absolute Gasteiger partial charge is 0.285 e. The fraction of sp³-hybridized carbons (Fsp3) is 0.0952. The zero-order chi connectivity index (χ0) is 22.5. The van der Waals surface area contributed by atoms with Crippen LogP contribution in [0.3, 0.4) is 0 Å². The molecule has 32 heavy (non-hydrogen) atoms. The number of hydrogen-bond acceptors (Lipinski definition) is 7. The number of fused-ring (bicyclic) bond motifs is 1. The van der Waals surface area contributed by atoms with E-state index >= 15 is 0 Å². The van der Waals surface area contributed by atoms with E-state index in [1.807, 2.05) is 18.2 Å². The molecule has 160 valence electrons. The van der Waals surface area contributed by atoms with Gasteiger partial charge in [0.15, 0.2) is 0 Å². The first-order valence-electron chi connectivity index (χ1n) is 9.63. The quantitative estimate of drug-likeness (QED) is 0.412. The Morgan fingerprint density at radius 1 is 0.938 bits per heavy atom. The first kappa shape index (κ1) is 19.8. The number of tetrazole rings is 1. The summed E-state index contributed by atoms with van der Waals surface area (Å²) in [6, 6.07) is 17.0. The summed E-state index contributed by atoms with van der Waals surface area (Å²) in [5, 5.41) is 11.4. The second-order valence-electron chi connectivity index (χ2n) is 7.11. The molecule has 0 aliphatic carbocycles. The Kier molecular flexibility index (Phi) is 4.48. The monoisotopic (exact) mass is 447 g/mol. The van der Waals surface area contributed by atoms with E-state index in [4.69, 9.17) is 0 Å². The van der Waals surface area contributed by atoms with Crippen LogP contribution in [0.4, 0.5) is 0 Å². The summed E-state index contributed by atoms with van der Waals surface area (Å²) in [4.78, 5) is 17.7. The number of aromatic nitrogens is 7. The number of hydrogen-bond donors (Lipinski definition) is 0. The Balaban J connectivity index is 1.88. The van der Waals surface area contributed by atoms with Crippen LogP contribution >= 0.6 is 0 Å². The zero-order valence-corrected chi connectivity index (χ0v) is 17.9. The predicted octanol–water partition coefficient (Wildman–Crippen LogP) is 1.82. The molecule has 0 saturated heterocycles. The molecule has 5 rings (SSSR count). The average molecular weight is 447 g/mol. The maximum absolute atomic E-state index is 13.6. The van der Waals surface area contributed by atoms with Crippen LogP contribution in [0.5, 0.6) is 0 Å². The summed E-state index contributed by atoms with van der Waals surface area (Å²) in [5.41, 5.74) is 1.03. The number of sulfone groups is 1. The van der Waals surface area contributed by atoms with Crippen molar-refractivity contribution in [3.8, 4) is 16.9 Å². The van der Waals surface area contributed by atoms with Crippen LogP contribution in [0.2, 0.25) is 0 Å². The molecule has 2 aromatic carbocycles. The van der Waals surface area contributed by atoms with Crippen molar-refractivity contribution in [3.05, 3.63) is 82.9 Å². The maximum Gasteiger partial charge on any atom is 0.281 e. The van der Waals surface area contributed by atoms with Gasteiger partial charge in [-0.1, -0.05) is 41.5 Å². The van der Waals surface area contributed by atoms with Gasteiger partial charge >= 0.3 is 0 Å². The second-order valence-corrected chi connectivity index (χ2v) is 9.03. The minimum atomic E-state index is -4.03. The second kappa shape index (κ2) is 7.24. The molecule has 0 aliphatic heterocycles. The standard InChI is InChI=1S/C21H17N7O3S/c1-14-18(20(29)28(26(14)2)15-9-5-3-6-10-15)19-17(13-22-21-23-24-25-27(19)21)32(30,31)16-11-7-4-8-12-16/h3-13H,1-2H3. The molecule has 0 radical (unpaired) electrons. The average Bonchev–Trinajstić information content (AvgIpc) is 3.37. The van der Waals surface area contributed by atoms with Gasteiger partial charge in [-0.2, -0.15) is 4.52 Å². The van der Waals surface area contributed by atoms with Gasteiger partial charge in [-0.15, -0.1) is 0 Å². The number of benzene rings is 2. The molecule has 0 atom stereocenters. The Labute approximate surface area is 182 Å². The maximum atomic E-state index is 13.6. The minimum Gasteiger partial charge on any atom is -0.285 e.